The second-order valence-electron chi connectivity index (χ2n) is 1.66. The summed E-state index contributed by atoms with van der Waals surface area (Å²) >= 11 is 22.5. The van der Waals surface area contributed by atoms with Crippen LogP contribution >= 0.6 is 46.4 Å². The fraction of sp³-hybridized carbons (Fsp3) is 0. The van der Waals surface area contributed by atoms with E-state index in [9.17, 15) is 0 Å². The molecular formula is C6H2Cl4Ti. The monoisotopic (exact) mass is 262 g/mol. The van der Waals surface area contributed by atoms with Gasteiger partial charge in [-0.1, -0.05) is 46.4 Å². The maximum Gasteiger partial charge on any atom is 0.0793 e. The van der Waals surface area contributed by atoms with E-state index in [0.29, 0.717) is 20.1 Å². The summed E-state index contributed by atoms with van der Waals surface area (Å²) in [6, 6.07) is 3.19. The summed E-state index contributed by atoms with van der Waals surface area (Å²) < 4.78 is 0. The molecule has 0 nitrogen and oxygen atoms in total. The zero-order chi connectivity index (χ0) is 7.72. The Labute approximate surface area is 99.7 Å². The Balaban J connectivity index is 0.000001000. The van der Waals surface area contributed by atoms with Gasteiger partial charge in [0.05, 0.1) is 20.1 Å². The fourth-order valence-corrected chi connectivity index (χ4v) is 1.24. The molecule has 0 N–H and O–H groups in total. The van der Waals surface area contributed by atoms with Crippen molar-refractivity contribution < 1.29 is 21.7 Å². The van der Waals surface area contributed by atoms with Crippen LogP contribution in [0.2, 0.25) is 20.1 Å². The Morgan fingerprint density at radius 3 is 1.27 bits per heavy atom. The van der Waals surface area contributed by atoms with Crippen LogP contribution in [0.25, 0.3) is 0 Å². The van der Waals surface area contributed by atoms with Crippen LogP contribution in [0.1, 0.15) is 0 Å². The molecule has 0 bridgehead atoms. The predicted octanol–water partition coefficient (Wildman–Crippen LogP) is 4.30. The molecule has 1 rings (SSSR count). The number of hydrogen-bond donors (Lipinski definition) is 0. The van der Waals surface area contributed by atoms with Gasteiger partial charge in [0, 0.05) is 21.7 Å². The van der Waals surface area contributed by atoms with Gasteiger partial charge in [0.25, 0.3) is 0 Å². The molecule has 0 heterocycles. The van der Waals surface area contributed by atoms with Gasteiger partial charge in [0.2, 0.25) is 0 Å². The van der Waals surface area contributed by atoms with E-state index in [1.807, 2.05) is 0 Å². The van der Waals surface area contributed by atoms with Crippen LogP contribution in [0.4, 0.5) is 0 Å². The quantitative estimate of drug-likeness (QED) is 0.372. The van der Waals surface area contributed by atoms with E-state index in [0.717, 1.165) is 0 Å². The van der Waals surface area contributed by atoms with Gasteiger partial charge in [-0.2, -0.15) is 0 Å². The van der Waals surface area contributed by atoms with Crippen molar-refractivity contribution in [2.75, 3.05) is 0 Å². The third-order valence-electron chi connectivity index (χ3n) is 0.988. The molecule has 0 aromatic heterocycles. The molecule has 0 saturated carbocycles. The molecule has 0 amide bonds. The topological polar surface area (TPSA) is 0 Å². The van der Waals surface area contributed by atoms with Crippen molar-refractivity contribution in [3.05, 3.63) is 32.2 Å². The zero-order valence-electron chi connectivity index (χ0n) is 5.17. The van der Waals surface area contributed by atoms with Crippen molar-refractivity contribution >= 4 is 46.4 Å². The SMILES string of the molecule is Clc1ccc(Cl)c(Cl)c1Cl.[Ti]. The molecular weight excluding hydrogens is 262 g/mol. The Morgan fingerprint density at radius 2 is 1.00 bits per heavy atom. The number of halogens is 4. The van der Waals surface area contributed by atoms with E-state index in [-0.39, 0.29) is 21.7 Å². The Hall–Kier alpha value is 1.09. The minimum Gasteiger partial charge on any atom is -0.0827 e. The standard InChI is InChI=1S/C6H2Cl4.Ti/c7-3-1-2-4(8)6(10)5(3)9;/h1-2H;. The molecule has 0 fully saturated rings. The molecule has 0 aliphatic rings. The maximum atomic E-state index is 5.63. The van der Waals surface area contributed by atoms with Gasteiger partial charge in [-0.3, -0.25) is 0 Å². The van der Waals surface area contributed by atoms with E-state index in [2.05, 4.69) is 0 Å². The van der Waals surface area contributed by atoms with E-state index < -0.39 is 0 Å². The number of benzene rings is 1. The summed E-state index contributed by atoms with van der Waals surface area (Å²) in [6.07, 6.45) is 0. The molecule has 0 spiro atoms. The second-order valence-corrected chi connectivity index (χ2v) is 3.23. The molecule has 0 saturated heterocycles. The molecule has 0 atom stereocenters. The Bertz CT molecular complexity index is 234. The van der Waals surface area contributed by atoms with Gasteiger partial charge >= 0.3 is 0 Å². The minimum absolute atomic E-state index is 0. The molecule has 5 heteroatoms. The van der Waals surface area contributed by atoms with Gasteiger partial charge < -0.3 is 0 Å². The van der Waals surface area contributed by atoms with Crippen molar-refractivity contribution in [1.29, 1.82) is 0 Å². The molecule has 0 radical (unpaired) electrons. The molecule has 1 aromatic carbocycles. The van der Waals surface area contributed by atoms with Crippen molar-refractivity contribution in [2.24, 2.45) is 0 Å². The first kappa shape index (κ1) is 12.1. The van der Waals surface area contributed by atoms with E-state index >= 15 is 0 Å². The smallest absolute Gasteiger partial charge is 0.0793 e. The maximum absolute atomic E-state index is 5.63. The summed E-state index contributed by atoms with van der Waals surface area (Å²) in [5.74, 6) is 0. The van der Waals surface area contributed by atoms with Gasteiger partial charge in [0.1, 0.15) is 0 Å². The van der Waals surface area contributed by atoms with E-state index in [1.54, 1.807) is 12.1 Å². The van der Waals surface area contributed by atoms with Crippen molar-refractivity contribution in [3.63, 3.8) is 0 Å². The van der Waals surface area contributed by atoms with Crippen LogP contribution < -0.4 is 0 Å². The zero-order valence-corrected chi connectivity index (χ0v) is 9.75. The molecule has 1 aromatic rings. The minimum atomic E-state index is 0. The summed E-state index contributed by atoms with van der Waals surface area (Å²) in [5.41, 5.74) is 0. The second kappa shape index (κ2) is 4.96. The third-order valence-corrected chi connectivity index (χ3v) is 2.69. The largest absolute Gasteiger partial charge is 0.0827 e. The third kappa shape index (κ3) is 2.80. The van der Waals surface area contributed by atoms with Crippen LogP contribution in [-0.4, -0.2) is 0 Å². The summed E-state index contributed by atoms with van der Waals surface area (Å²) in [6.45, 7) is 0. The van der Waals surface area contributed by atoms with Gasteiger partial charge in [-0.25, -0.2) is 0 Å². The van der Waals surface area contributed by atoms with Crippen LogP contribution in [0, 0.1) is 0 Å². The Morgan fingerprint density at radius 1 is 0.727 bits per heavy atom. The van der Waals surface area contributed by atoms with Crippen molar-refractivity contribution in [2.45, 2.75) is 0 Å². The molecule has 0 aliphatic heterocycles. The van der Waals surface area contributed by atoms with Crippen molar-refractivity contribution in [3.8, 4) is 0 Å². The summed E-state index contributed by atoms with van der Waals surface area (Å²) in [4.78, 5) is 0. The van der Waals surface area contributed by atoms with Crippen LogP contribution in [-0.2, 0) is 21.7 Å². The van der Waals surface area contributed by atoms with Gasteiger partial charge in [0.15, 0.2) is 0 Å². The van der Waals surface area contributed by atoms with Crippen LogP contribution in [0.15, 0.2) is 12.1 Å². The first-order valence-electron chi connectivity index (χ1n) is 2.42. The predicted molar refractivity (Wildman–Crippen MR) is 46.5 cm³/mol. The molecule has 0 unspecified atom stereocenters. The molecule has 58 valence electrons. The molecule has 11 heavy (non-hydrogen) atoms. The Kier molecular flexibility index (Phi) is 5.46. The first-order valence-corrected chi connectivity index (χ1v) is 3.93. The summed E-state index contributed by atoms with van der Waals surface area (Å²) in [5, 5.41) is 1.43. The van der Waals surface area contributed by atoms with E-state index in [1.165, 1.54) is 0 Å². The van der Waals surface area contributed by atoms with Crippen LogP contribution in [0.3, 0.4) is 0 Å². The fourth-order valence-electron chi connectivity index (χ4n) is 0.502. The number of hydrogen-bond acceptors (Lipinski definition) is 0. The average molecular weight is 264 g/mol. The summed E-state index contributed by atoms with van der Waals surface area (Å²) in [7, 11) is 0. The van der Waals surface area contributed by atoms with Crippen molar-refractivity contribution in [1.82, 2.24) is 0 Å². The van der Waals surface area contributed by atoms with Gasteiger partial charge in [-0.15, -0.1) is 0 Å². The van der Waals surface area contributed by atoms with Crippen LogP contribution in [0.5, 0.6) is 0 Å². The van der Waals surface area contributed by atoms with Gasteiger partial charge in [-0.05, 0) is 12.1 Å². The first-order chi connectivity index (χ1) is 4.63. The normalized spacial score (nSPS) is 9.09. The number of rotatable bonds is 0. The van der Waals surface area contributed by atoms with E-state index in [4.69, 9.17) is 46.4 Å². The average Bonchev–Trinajstić information content (AvgIpc) is 1.93. The molecule has 0 aliphatic carbocycles.